The molecule has 1 heterocycles. The summed E-state index contributed by atoms with van der Waals surface area (Å²) in [5, 5.41) is 13.0. The lowest BCUT2D eigenvalue weighted by molar-refractivity contribution is -0.130. The highest BCUT2D eigenvalue weighted by molar-refractivity contribution is 5.85. The fraction of sp³-hybridized carbons (Fsp3) is 0.125. The predicted octanol–water partition coefficient (Wildman–Crippen LogP) is 1.68. The van der Waals surface area contributed by atoms with Gasteiger partial charge in [0.2, 0.25) is 6.10 Å². The smallest absolute Gasteiger partial charge is 0.284 e. The number of benzene rings is 2. The lowest BCUT2D eigenvalue weighted by atomic mass is 10.2. The van der Waals surface area contributed by atoms with Crippen molar-refractivity contribution >= 4 is 12.1 Å². The monoisotopic (exact) mass is 298 g/mol. The van der Waals surface area contributed by atoms with E-state index < -0.39 is 6.10 Å². The third kappa shape index (κ3) is 3.17. The van der Waals surface area contributed by atoms with Crippen LogP contribution in [0.15, 0.2) is 53.6 Å². The van der Waals surface area contributed by atoms with Gasteiger partial charge in [-0.05, 0) is 42.0 Å². The molecule has 0 saturated carbocycles. The molecule has 0 aromatic heterocycles. The van der Waals surface area contributed by atoms with Gasteiger partial charge >= 0.3 is 0 Å². The summed E-state index contributed by atoms with van der Waals surface area (Å²) in [5.74, 6) is 0.952. The fourth-order valence-corrected chi connectivity index (χ4v) is 1.95. The number of hydrazone groups is 1. The molecule has 0 aliphatic carbocycles. The van der Waals surface area contributed by atoms with E-state index in [0.717, 1.165) is 5.56 Å². The molecular weight excluding hydrogens is 284 g/mol. The third-order valence-electron chi connectivity index (χ3n) is 3.08. The number of nitrogens with zero attached hydrogens (tertiary/aromatic N) is 1. The van der Waals surface area contributed by atoms with E-state index in [2.05, 4.69) is 10.5 Å². The fourth-order valence-electron chi connectivity index (χ4n) is 1.95. The Morgan fingerprint density at radius 1 is 1.18 bits per heavy atom. The molecule has 112 valence electrons. The molecule has 6 nitrogen and oxygen atoms in total. The largest absolute Gasteiger partial charge is 0.508 e. The molecule has 2 aromatic carbocycles. The average Bonchev–Trinajstić information content (AvgIpc) is 2.56. The maximum absolute atomic E-state index is 12.0. The van der Waals surface area contributed by atoms with Crippen molar-refractivity contribution in [3.05, 3.63) is 54.1 Å². The average molecular weight is 298 g/mol. The molecule has 0 fully saturated rings. The maximum Gasteiger partial charge on any atom is 0.284 e. The summed E-state index contributed by atoms with van der Waals surface area (Å²) >= 11 is 0. The van der Waals surface area contributed by atoms with E-state index in [-0.39, 0.29) is 18.3 Å². The zero-order valence-corrected chi connectivity index (χ0v) is 11.6. The normalized spacial score (nSPS) is 16.5. The lowest BCUT2D eigenvalue weighted by Gasteiger charge is -2.24. The van der Waals surface area contributed by atoms with Gasteiger partial charge < -0.3 is 14.6 Å². The van der Waals surface area contributed by atoms with Crippen LogP contribution >= 0.6 is 0 Å². The van der Waals surface area contributed by atoms with Crippen molar-refractivity contribution in [2.75, 3.05) is 6.61 Å². The Balaban J connectivity index is 1.58. The van der Waals surface area contributed by atoms with Crippen LogP contribution < -0.4 is 14.9 Å². The number of rotatable bonds is 3. The number of carbonyl (C=O) groups is 1. The molecule has 1 aliphatic heterocycles. The van der Waals surface area contributed by atoms with Gasteiger partial charge in [0.25, 0.3) is 5.91 Å². The van der Waals surface area contributed by atoms with Gasteiger partial charge in [-0.1, -0.05) is 12.1 Å². The van der Waals surface area contributed by atoms with Gasteiger partial charge in [0.05, 0.1) is 6.21 Å². The number of amides is 1. The Labute approximate surface area is 127 Å². The molecule has 0 saturated heterocycles. The molecule has 1 amide bonds. The maximum atomic E-state index is 12.0. The van der Waals surface area contributed by atoms with Gasteiger partial charge in [-0.2, -0.15) is 5.10 Å². The molecule has 3 rings (SSSR count). The highest BCUT2D eigenvalue weighted by Crippen LogP contribution is 2.30. The summed E-state index contributed by atoms with van der Waals surface area (Å²) in [5.41, 5.74) is 3.16. The van der Waals surface area contributed by atoms with Gasteiger partial charge in [-0.3, -0.25) is 4.79 Å². The molecule has 0 bridgehead atoms. The molecule has 0 radical (unpaired) electrons. The number of aromatic hydroxyl groups is 1. The first-order valence-electron chi connectivity index (χ1n) is 6.73. The Kier molecular flexibility index (Phi) is 3.91. The summed E-state index contributed by atoms with van der Waals surface area (Å²) in [6.07, 6.45) is 0.737. The number of carbonyl (C=O) groups excluding carboxylic acids is 1. The van der Waals surface area contributed by atoms with Crippen LogP contribution in [0, 0.1) is 0 Å². The van der Waals surface area contributed by atoms with Crippen molar-refractivity contribution < 1.29 is 19.4 Å². The van der Waals surface area contributed by atoms with Gasteiger partial charge in [-0.15, -0.1) is 0 Å². The summed E-state index contributed by atoms with van der Waals surface area (Å²) in [6.45, 7) is 0.136. The second kappa shape index (κ2) is 6.17. The first-order chi connectivity index (χ1) is 10.7. The van der Waals surface area contributed by atoms with Crippen LogP contribution in [0.3, 0.4) is 0 Å². The summed E-state index contributed by atoms with van der Waals surface area (Å²) in [7, 11) is 0. The van der Waals surface area contributed by atoms with Crippen LogP contribution in [0.5, 0.6) is 17.2 Å². The number of hydrogen-bond donors (Lipinski definition) is 2. The minimum atomic E-state index is -0.744. The SMILES string of the molecule is O=C(N/N=C\c1ccc(O)cc1)[C@@H]1COc2ccccc2O1. The molecule has 0 spiro atoms. The van der Waals surface area contributed by atoms with Crippen LogP contribution in [0.2, 0.25) is 0 Å². The van der Waals surface area contributed by atoms with Crippen molar-refractivity contribution in [2.45, 2.75) is 6.10 Å². The van der Waals surface area contributed by atoms with E-state index in [1.807, 2.05) is 12.1 Å². The molecule has 22 heavy (non-hydrogen) atoms. The van der Waals surface area contributed by atoms with Crippen molar-refractivity contribution in [1.29, 1.82) is 0 Å². The standard InChI is InChI=1S/C16H14N2O4/c19-12-7-5-11(6-8-12)9-17-18-16(20)15-10-21-13-3-1-2-4-14(13)22-15/h1-9,15,19H,10H2,(H,18,20)/b17-9-/t15-/m0/s1. The zero-order chi connectivity index (χ0) is 15.4. The summed E-state index contributed by atoms with van der Waals surface area (Å²) < 4.78 is 11.0. The molecule has 1 atom stereocenters. The molecule has 6 heteroatoms. The number of para-hydroxylation sites is 2. The first kappa shape index (κ1) is 13.9. The van der Waals surface area contributed by atoms with Crippen molar-refractivity contribution in [3.8, 4) is 17.2 Å². The van der Waals surface area contributed by atoms with Gasteiger partial charge in [-0.25, -0.2) is 5.43 Å². The minimum Gasteiger partial charge on any atom is -0.508 e. The number of fused-ring (bicyclic) bond motifs is 1. The second-order valence-corrected chi connectivity index (χ2v) is 4.69. The van der Waals surface area contributed by atoms with Crippen molar-refractivity contribution in [1.82, 2.24) is 5.43 Å². The molecule has 2 aromatic rings. The molecule has 0 unspecified atom stereocenters. The van der Waals surface area contributed by atoms with Crippen LogP contribution in [-0.4, -0.2) is 29.9 Å². The number of nitrogens with one attached hydrogen (secondary N) is 1. The van der Waals surface area contributed by atoms with Crippen LogP contribution in [-0.2, 0) is 4.79 Å². The third-order valence-corrected chi connectivity index (χ3v) is 3.08. The molecule has 2 N–H and O–H groups in total. The zero-order valence-electron chi connectivity index (χ0n) is 11.6. The van der Waals surface area contributed by atoms with Crippen LogP contribution in [0.1, 0.15) is 5.56 Å². The van der Waals surface area contributed by atoms with Crippen LogP contribution in [0.4, 0.5) is 0 Å². The van der Waals surface area contributed by atoms with E-state index in [9.17, 15) is 9.90 Å². The Morgan fingerprint density at radius 3 is 2.68 bits per heavy atom. The lowest BCUT2D eigenvalue weighted by Crippen LogP contribution is -2.42. The Bertz CT molecular complexity index is 698. The van der Waals surface area contributed by atoms with E-state index in [1.165, 1.54) is 18.3 Å². The summed E-state index contributed by atoms with van der Waals surface area (Å²) in [4.78, 5) is 12.0. The van der Waals surface area contributed by atoms with Gasteiger partial charge in [0, 0.05) is 0 Å². The predicted molar refractivity (Wildman–Crippen MR) is 80.2 cm³/mol. The molecule has 1 aliphatic rings. The van der Waals surface area contributed by atoms with E-state index in [1.54, 1.807) is 24.3 Å². The quantitative estimate of drug-likeness (QED) is 0.667. The van der Waals surface area contributed by atoms with E-state index in [0.29, 0.717) is 11.5 Å². The van der Waals surface area contributed by atoms with Crippen LogP contribution in [0.25, 0.3) is 0 Å². The minimum absolute atomic E-state index is 0.136. The number of ether oxygens (including phenoxy) is 2. The topological polar surface area (TPSA) is 80.2 Å². The van der Waals surface area contributed by atoms with E-state index >= 15 is 0 Å². The van der Waals surface area contributed by atoms with E-state index in [4.69, 9.17) is 9.47 Å². The Morgan fingerprint density at radius 2 is 1.91 bits per heavy atom. The highest BCUT2D eigenvalue weighted by atomic mass is 16.6. The second-order valence-electron chi connectivity index (χ2n) is 4.69. The number of phenolic OH excluding ortho intramolecular Hbond substituents is 1. The highest BCUT2D eigenvalue weighted by Gasteiger charge is 2.26. The molecular formula is C16H14N2O4. The van der Waals surface area contributed by atoms with Gasteiger partial charge in [0.1, 0.15) is 12.4 Å². The summed E-state index contributed by atoms with van der Waals surface area (Å²) in [6, 6.07) is 13.6. The van der Waals surface area contributed by atoms with Crippen molar-refractivity contribution in [3.63, 3.8) is 0 Å². The van der Waals surface area contributed by atoms with Gasteiger partial charge in [0.15, 0.2) is 11.5 Å². The van der Waals surface area contributed by atoms with Crippen molar-refractivity contribution in [2.24, 2.45) is 5.10 Å². The number of phenols is 1. The Hall–Kier alpha value is -3.02. The first-order valence-corrected chi connectivity index (χ1v) is 6.73. The number of hydrogen-bond acceptors (Lipinski definition) is 5.